The highest BCUT2D eigenvalue weighted by molar-refractivity contribution is 6.12. The fourth-order valence-corrected chi connectivity index (χ4v) is 11.7. The third-order valence-electron chi connectivity index (χ3n) is 16.0. The van der Waals surface area contributed by atoms with Gasteiger partial charge in [-0.2, -0.15) is 5.21 Å². The van der Waals surface area contributed by atoms with E-state index < -0.39 is 23.1 Å². The molecule has 0 unspecified atom stereocenters. The van der Waals surface area contributed by atoms with E-state index in [1.54, 1.807) is 15.2 Å². The third kappa shape index (κ3) is 15.8. The predicted octanol–water partition coefficient (Wildman–Crippen LogP) is 8.43. The molecule has 0 spiro atoms. The highest BCUT2D eigenvalue weighted by atomic mass is 16.6. The Kier molecular flexibility index (Phi) is 19.2. The molecule has 0 atom stereocenters. The van der Waals surface area contributed by atoms with Crippen molar-refractivity contribution in [2.75, 3.05) is 71.0 Å². The molecule has 4 aliphatic heterocycles. The average Bonchev–Trinajstić information content (AvgIpc) is 1.24. The number of aromatic amines is 1. The average molecular weight is 1220 g/mol. The van der Waals surface area contributed by atoms with E-state index in [9.17, 15) is 33.9 Å². The summed E-state index contributed by atoms with van der Waals surface area (Å²) in [5.74, 6) is 1.22. The lowest BCUT2D eigenvalue weighted by molar-refractivity contribution is 0.00468. The lowest BCUT2D eigenvalue weighted by Gasteiger charge is -2.39. The Balaban J connectivity index is 0.000000197. The first-order chi connectivity index (χ1) is 42.5. The number of carboxylic acid groups (broad SMARTS) is 1. The molecule has 2 fully saturated rings. The summed E-state index contributed by atoms with van der Waals surface area (Å²) < 4.78 is 37.8. The smallest absolute Gasteiger partial charge is 0.410 e. The van der Waals surface area contributed by atoms with Crippen molar-refractivity contribution in [3.05, 3.63) is 139 Å². The molecule has 7 heterocycles. The van der Waals surface area contributed by atoms with Crippen molar-refractivity contribution in [3.8, 4) is 23.0 Å². The number of piperidine rings is 2. The molecule has 0 aliphatic carbocycles. The summed E-state index contributed by atoms with van der Waals surface area (Å²) >= 11 is 0. The Morgan fingerprint density at radius 1 is 0.584 bits per heavy atom. The van der Waals surface area contributed by atoms with Crippen LogP contribution in [0.3, 0.4) is 0 Å². The fourth-order valence-electron chi connectivity index (χ4n) is 11.7. The predicted molar refractivity (Wildman–Crippen MR) is 332 cm³/mol. The van der Waals surface area contributed by atoms with E-state index in [0.29, 0.717) is 110 Å². The van der Waals surface area contributed by atoms with Gasteiger partial charge in [0, 0.05) is 100 Å². The molecule has 3 N–H and O–H groups in total. The normalized spacial score (nSPS) is 15.6. The summed E-state index contributed by atoms with van der Waals surface area (Å²) in [4.78, 5) is 86.2. The van der Waals surface area contributed by atoms with Crippen molar-refractivity contribution in [3.63, 3.8) is 0 Å². The first kappa shape index (κ1) is 63.0. The molecule has 11 rings (SSSR count). The highest BCUT2D eigenvalue weighted by Crippen LogP contribution is 2.34. The molecule has 24 nitrogen and oxygen atoms in total. The van der Waals surface area contributed by atoms with E-state index in [0.717, 1.165) is 74.1 Å². The second-order valence-corrected chi connectivity index (χ2v) is 24.9. The van der Waals surface area contributed by atoms with Gasteiger partial charge >= 0.3 is 18.2 Å². The number of hydrogen-bond acceptors (Lipinski definition) is 17. The summed E-state index contributed by atoms with van der Waals surface area (Å²) in [6.07, 6.45) is 2.35. The number of anilines is 1. The largest absolute Gasteiger partial charge is 0.486 e. The van der Waals surface area contributed by atoms with Crippen molar-refractivity contribution >= 4 is 51.8 Å². The van der Waals surface area contributed by atoms with Crippen LogP contribution in [0.25, 0.3) is 21.8 Å². The Bertz CT molecular complexity index is 3840. The second kappa shape index (κ2) is 27.2. The number of benzene rings is 4. The number of amides is 3. The Labute approximate surface area is 515 Å². The van der Waals surface area contributed by atoms with Crippen LogP contribution in [0.2, 0.25) is 0 Å². The van der Waals surface area contributed by atoms with Gasteiger partial charge in [-0.15, -0.1) is 5.10 Å². The molecule has 89 heavy (non-hydrogen) atoms. The summed E-state index contributed by atoms with van der Waals surface area (Å²) in [6, 6.07) is 25.3. The molecule has 3 amide bonds. The molecule has 0 radical (unpaired) electrons. The van der Waals surface area contributed by atoms with Crippen LogP contribution in [0.1, 0.15) is 110 Å². The van der Waals surface area contributed by atoms with Crippen molar-refractivity contribution in [2.24, 2.45) is 0 Å². The van der Waals surface area contributed by atoms with Gasteiger partial charge in [-0.3, -0.25) is 19.7 Å². The molecule has 472 valence electrons. The zero-order chi connectivity index (χ0) is 63.1. The SMILES string of the molecule is Cc1ccc2c(C(=O)Nc3nn[nH]n3)cc(=O)n(CCN3CCC(N(Cc4ccc5c(c4)OCCO5)C(=O)OC(C)(C)C)CC3)c2c1.Cc1ccc2c(C(=O)O)cc(=O)n(CCN3CCC(N(Cc4ccc5c(c4)OCCO5)C(=O)OC(C)(C)C)CC3)c2c1. The Morgan fingerprint density at radius 3 is 1.43 bits per heavy atom. The van der Waals surface area contributed by atoms with E-state index in [-0.39, 0.29) is 52.5 Å². The standard InChI is InChI=1S/C33H40N8O6.C32H39N3O7/c1-21-5-7-24-25(30(43)34-31-35-37-38-36-31)19-29(42)40(26(24)17-21)14-13-39-11-9-23(10-12-39)41(32(44)47-33(2,3)4)20-22-6-8-27-28(18-22)46-16-15-45-27;1-21-5-7-24-25(30(37)38)19-29(36)34(26(24)17-21)14-13-33-11-9-23(10-12-33)35(31(39)42-32(2,3)4)20-22-6-8-27-28(18-22)41-16-15-40-27/h5-8,17-19,23H,9-16,20H2,1-4H3,(H2,34,35,36,37,38,43);5-8,17-19,23H,9-16,20H2,1-4H3,(H,37,38). The molecule has 4 aliphatic rings. The van der Waals surface area contributed by atoms with Gasteiger partial charge in [-0.1, -0.05) is 41.5 Å². The molecular weight excluding hydrogens is 1140 g/mol. The van der Waals surface area contributed by atoms with Crippen LogP contribution in [-0.2, 0) is 35.7 Å². The van der Waals surface area contributed by atoms with Crippen LogP contribution in [0, 0.1) is 13.8 Å². The summed E-state index contributed by atoms with van der Waals surface area (Å²) in [5, 5.41) is 26.7. The van der Waals surface area contributed by atoms with E-state index in [1.807, 2.05) is 132 Å². The van der Waals surface area contributed by atoms with Crippen LogP contribution in [-0.4, -0.2) is 168 Å². The van der Waals surface area contributed by atoms with Crippen molar-refractivity contribution < 1.29 is 52.7 Å². The number of carboxylic acids is 1. The first-order valence-corrected chi connectivity index (χ1v) is 30.3. The number of carbonyl (C=O) groups is 4. The highest BCUT2D eigenvalue weighted by Gasteiger charge is 2.34. The quantitative estimate of drug-likeness (QED) is 0.0869. The van der Waals surface area contributed by atoms with Crippen molar-refractivity contribution in [1.29, 1.82) is 0 Å². The van der Waals surface area contributed by atoms with Crippen LogP contribution < -0.4 is 35.4 Å². The molecule has 2 saturated heterocycles. The topological polar surface area (TPSA) is 267 Å². The Morgan fingerprint density at radius 2 is 1.01 bits per heavy atom. The van der Waals surface area contributed by atoms with Crippen molar-refractivity contribution in [1.82, 2.24) is 49.4 Å². The number of aromatic nitrogens is 6. The summed E-state index contributed by atoms with van der Waals surface area (Å²) in [6.45, 7) is 23.1. The molecule has 3 aromatic heterocycles. The minimum atomic E-state index is -1.11. The maximum atomic E-state index is 13.5. The van der Waals surface area contributed by atoms with Gasteiger partial charge in [0.1, 0.15) is 37.6 Å². The number of ether oxygens (including phenoxy) is 6. The maximum Gasteiger partial charge on any atom is 0.410 e. The maximum absolute atomic E-state index is 13.5. The zero-order valence-electron chi connectivity index (χ0n) is 51.8. The minimum absolute atomic E-state index is 0.00893. The minimum Gasteiger partial charge on any atom is -0.486 e. The number of aryl methyl sites for hydroxylation is 2. The number of hydrogen-bond donors (Lipinski definition) is 3. The van der Waals surface area contributed by atoms with E-state index in [2.05, 4.69) is 35.7 Å². The number of rotatable bonds is 15. The zero-order valence-corrected chi connectivity index (χ0v) is 51.8. The van der Waals surface area contributed by atoms with Gasteiger partial charge in [-0.25, -0.2) is 14.4 Å². The number of likely N-dealkylation sites (tertiary alicyclic amines) is 2. The number of carbonyl (C=O) groups excluding carboxylic acids is 3. The number of tetrazole rings is 1. The molecule has 0 bridgehead atoms. The molecule has 0 saturated carbocycles. The van der Waals surface area contributed by atoms with Gasteiger partial charge in [0.2, 0.25) is 0 Å². The van der Waals surface area contributed by atoms with E-state index in [1.165, 1.54) is 12.1 Å². The second-order valence-electron chi connectivity index (χ2n) is 24.9. The molecular formula is C65H79N11O13. The number of H-pyrrole nitrogens is 1. The third-order valence-corrected chi connectivity index (χ3v) is 16.0. The molecule has 4 aromatic carbocycles. The first-order valence-electron chi connectivity index (χ1n) is 30.3. The van der Waals surface area contributed by atoms with Gasteiger partial charge in [0.25, 0.3) is 23.0 Å². The van der Waals surface area contributed by atoms with Gasteiger partial charge < -0.3 is 62.3 Å². The van der Waals surface area contributed by atoms with Gasteiger partial charge in [0.15, 0.2) is 23.0 Å². The van der Waals surface area contributed by atoms with Crippen LogP contribution >= 0.6 is 0 Å². The van der Waals surface area contributed by atoms with E-state index in [4.69, 9.17) is 28.4 Å². The molecule has 7 aromatic rings. The number of aromatic carboxylic acids is 1. The lowest BCUT2D eigenvalue weighted by atomic mass is 10.0. The molecule has 24 heteroatoms. The van der Waals surface area contributed by atoms with Crippen molar-refractivity contribution in [2.45, 2.75) is 131 Å². The van der Waals surface area contributed by atoms with Crippen LogP contribution in [0.15, 0.2) is 94.5 Å². The number of fused-ring (bicyclic) bond motifs is 4. The lowest BCUT2D eigenvalue weighted by Crippen LogP contribution is -2.49. The van der Waals surface area contributed by atoms with Crippen LogP contribution in [0.5, 0.6) is 23.0 Å². The fraction of sp³-hybridized carbons (Fsp3) is 0.462. The number of nitrogens with zero attached hydrogens (tertiary/aromatic N) is 9. The summed E-state index contributed by atoms with van der Waals surface area (Å²) in [5.41, 5.74) is 3.56. The summed E-state index contributed by atoms with van der Waals surface area (Å²) in [7, 11) is 0. The number of nitrogens with one attached hydrogen (secondary N) is 2. The van der Waals surface area contributed by atoms with E-state index >= 15 is 0 Å². The monoisotopic (exact) mass is 1220 g/mol. The Hall–Kier alpha value is -9.03. The van der Waals surface area contributed by atoms with Gasteiger partial charge in [0.05, 0.1) is 22.2 Å². The van der Waals surface area contributed by atoms with Crippen LogP contribution in [0.4, 0.5) is 15.5 Å². The van der Waals surface area contributed by atoms with Gasteiger partial charge in [-0.05, 0) is 145 Å². The number of pyridine rings is 2.